The monoisotopic (exact) mass is 411 g/mol. The highest BCUT2D eigenvalue weighted by atomic mass is 79.9. The molecule has 0 aliphatic rings. The van der Waals surface area contributed by atoms with E-state index >= 15 is 0 Å². The van der Waals surface area contributed by atoms with Gasteiger partial charge in [0.05, 0.1) is 6.54 Å². The van der Waals surface area contributed by atoms with Gasteiger partial charge in [0, 0.05) is 27.6 Å². The van der Waals surface area contributed by atoms with Crippen molar-refractivity contribution in [3.05, 3.63) is 64.4 Å². The summed E-state index contributed by atoms with van der Waals surface area (Å²) in [6, 6.07) is 13.0. The third-order valence-electron chi connectivity index (χ3n) is 3.83. The highest BCUT2D eigenvalue weighted by Gasteiger charge is 2.11. The Labute approximate surface area is 160 Å². The lowest BCUT2D eigenvalue weighted by atomic mass is 10.2. The van der Waals surface area contributed by atoms with Gasteiger partial charge in [-0.15, -0.1) is 0 Å². The van der Waals surface area contributed by atoms with Crippen molar-refractivity contribution < 1.29 is 4.79 Å². The number of amides is 1. The number of halogens is 1. The van der Waals surface area contributed by atoms with Crippen molar-refractivity contribution in [1.82, 2.24) is 15.0 Å². The van der Waals surface area contributed by atoms with Crippen LogP contribution in [0.15, 0.2) is 53.1 Å². The fraction of sp³-hybridized carbons (Fsp3) is 0.158. The summed E-state index contributed by atoms with van der Waals surface area (Å²) >= 11 is 3.37. The molecular formula is C19H18BrN5O. The number of carbonyl (C=O) groups is 1. The zero-order chi connectivity index (χ0) is 18.5. The van der Waals surface area contributed by atoms with E-state index in [2.05, 4.69) is 41.5 Å². The molecule has 132 valence electrons. The number of aromatic nitrogens is 3. The lowest BCUT2D eigenvalue weighted by Crippen LogP contribution is -2.23. The minimum Gasteiger partial charge on any atom is -0.361 e. The van der Waals surface area contributed by atoms with Gasteiger partial charge in [-0.2, -0.15) is 0 Å². The van der Waals surface area contributed by atoms with Crippen LogP contribution < -0.4 is 10.6 Å². The molecule has 0 radical (unpaired) electrons. The summed E-state index contributed by atoms with van der Waals surface area (Å²) in [5, 5.41) is 5.94. The smallest absolute Gasteiger partial charge is 0.243 e. The largest absolute Gasteiger partial charge is 0.361 e. The highest BCUT2D eigenvalue weighted by Crippen LogP contribution is 2.20. The second-order valence-electron chi connectivity index (χ2n) is 5.73. The zero-order valence-corrected chi connectivity index (χ0v) is 16.0. The maximum Gasteiger partial charge on any atom is 0.243 e. The Morgan fingerprint density at radius 2 is 1.85 bits per heavy atom. The van der Waals surface area contributed by atoms with Crippen LogP contribution in [0.2, 0.25) is 0 Å². The fourth-order valence-electron chi connectivity index (χ4n) is 2.31. The van der Waals surface area contributed by atoms with Gasteiger partial charge in [-0.1, -0.05) is 22.0 Å². The summed E-state index contributed by atoms with van der Waals surface area (Å²) < 4.78 is 0.961. The Bertz CT molecular complexity index is 913. The van der Waals surface area contributed by atoms with Gasteiger partial charge < -0.3 is 10.6 Å². The molecule has 6 nitrogen and oxygen atoms in total. The van der Waals surface area contributed by atoms with Gasteiger partial charge in [-0.25, -0.2) is 9.97 Å². The second kappa shape index (κ2) is 8.05. The van der Waals surface area contributed by atoms with Crippen LogP contribution in [-0.2, 0) is 4.79 Å². The van der Waals surface area contributed by atoms with Crippen LogP contribution in [-0.4, -0.2) is 27.4 Å². The van der Waals surface area contributed by atoms with Crippen molar-refractivity contribution in [2.24, 2.45) is 0 Å². The third-order valence-corrected chi connectivity index (χ3v) is 4.36. The van der Waals surface area contributed by atoms with Crippen LogP contribution in [0.5, 0.6) is 0 Å². The molecule has 2 N–H and O–H groups in total. The van der Waals surface area contributed by atoms with Crippen molar-refractivity contribution in [3.63, 3.8) is 0 Å². The van der Waals surface area contributed by atoms with Crippen molar-refractivity contribution >= 4 is 33.3 Å². The van der Waals surface area contributed by atoms with E-state index in [1.807, 2.05) is 56.3 Å². The van der Waals surface area contributed by atoms with Gasteiger partial charge in [0.2, 0.25) is 5.91 Å². The molecular weight excluding hydrogens is 394 g/mol. The van der Waals surface area contributed by atoms with E-state index in [1.54, 1.807) is 6.20 Å². The molecule has 0 aliphatic heterocycles. The minimum atomic E-state index is -0.151. The number of benzene rings is 1. The van der Waals surface area contributed by atoms with Crippen LogP contribution in [0.1, 0.15) is 11.3 Å². The van der Waals surface area contributed by atoms with Crippen LogP contribution in [0.25, 0.3) is 11.5 Å². The van der Waals surface area contributed by atoms with Gasteiger partial charge in [-0.05, 0) is 50.2 Å². The number of hydrogen-bond acceptors (Lipinski definition) is 5. The summed E-state index contributed by atoms with van der Waals surface area (Å²) in [7, 11) is 0. The number of anilines is 2. The van der Waals surface area contributed by atoms with Gasteiger partial charge in [-0.3, -0.25) is 9.78 Å². The Kier molecular flexibility index (Phi) is 5.58. The van der Waals surface area contributed by atoms with Crippen molar-refractivity contribution in [2.45, 2.75) is 13.8 Å². The van der Waals surface area contributed by atoms with E-state index in [9.17, 15) is 4.79 Å². The summed E-state index contributed by atoms with van der Waals surface area (Å²) in [5.41, 5.74) is 3.18. The normalized spacial score (nSPS) is 10.4. The average molecular weight is 412 g/mol. The summed E-state index contributed by atoms with van der Waals surface area (Å²) in [4.78, 5) is 25.5. The fourth-order valence-corrected chi connectivity index (χ4v) is 2.58. The number of carbonyl (C=O) groups excluding carboxylic acids is 1. The molecule has 0 atom stereocenters. The minimum absolute atomic E-state index is 0.106. The molecule has 0 unspecified atom stereocenters. The number of nitrogens with one attached hydrogen (secondary N) is 2. The van der Waals surface area contributed by atoms with Crippen LogP contribution in [0.4, 0.5) is 11.5 Å². The lowest BCUT2D eigenvalue weighted by Gasteiger charge is -2.12. The molecule has 7 heteroatoms. The lowest BCUT2D eigenvalue weighted by molar-refractivity contribution is -0.114. The molecule has 3 rings (SSSR count). The number of nitrogens with zero attached hydrogens (tertiary/aromatic N) is 3. The van der Waals surface area contributed by atoms with Gasteiger partial charge >= 0.3 is 0 Å². The maximum absolute atomic E-state index is 12.2. The number of hydrogen-bond donors (Lipinski definition) is 2. The highest BCUT2D eigenvalue weighted by molar-refractivity contribution is 9.10. The SMILES string of the molecule is Cc1nc(-c2ccccn2)nc(NCC(=O)Nc2ccc(Br)cc2)c1C. The standard InChI is InChI=1S/C19H18BrN5O/c1-12-13(2)23-19(16-5-3-4-10-21-16)25-18(12)22-11-17(26)24-15-8-6-14(20)7-9-15/h3-10H,11H2,1-2H3,(H,24,26)(H,22,23,25). The predicted molar refractivity (Wildman–Crippen MR) is 106 cm³/mol. The molecule has 1 amide bonds. The average Bonchev–Trinajstić information content (AvgIpc) is 2.65. The zero-order valence-electron chi connectivity index (χ0n) is 14.5. The first-order valence-corrected chi connectivity index (χ1v) is 8.88. The molecule has 26 heavy (non-hydrogen) atoms. The van der Waals surface area contributed by atoms with E-state index < -0.39 is 0 Å². The topological polar surface area (TPSA) is 79.8 Å². The maximum atomic E-state index is 12.2. The van der Waals surface area contributed by atoms with E-state index in [0.29, 0.717) is 17.3 Å². The Morgan fingerprint density at radius 3 is 2.54 bits per heavy atom. The van der Waals surface area contributed by atoms with Gasteiger partial charge in [0.1, 0.15) is 11.5 Å². The molecule has 2 heterocycles. The molecule has 0 spiro atoms. The summed E-state index contributed by atoms with van der Waals surface area (Å²) in [6.07, 6.45) is 1.70. The molecule has 0 saturated heterocycles. The third kappa shape index (κ3) is 4.43. The number of pyridine rings is 1. The number of aryl methyl sites for hydroxylation is 1. The molecule has 0 bridgehead atoms. The summed E-state index contributed by atoms with van der Waals surface area (Å²) in [5.74, 6) is 1.01. The van der Waals surface area contributed by atoms with Crippen molar-refractivity contribution in [3.8, 4) is 11.5 Å². The Balaban J connectivity index is 1.72. The van der Waals surface area contributed by atoms with Gasteiger partial charge in [0.15, 0.2) is 5.82 Å². The Morgan fingerprint density at radius 1 is 1.08 bits per heavy atom. The molecule has 0 fully saturated rings. The van der Waals surface area contributed by atoms with E-state index in [1.165, 1.54) is 0 Å². The molecule has 1 aromatic carbocycles. The van der Waals surface area contributed by atoms with Crippen LogP contribution in [0.3, 0.4) is 0 Å². The van der Waals surface area contributed by atoms with E-state index in [-0.39, 0.29) is 12.5 Å². The van der Waals surface area contributed by atoms with Crippen LogP contribution >= 0.6 is 15.9 Å². The first-order valence-electron chi connectivity index (χ1n) is 8.09. The van der Waals surface area contributed by atoms with E-state index in [0.717, 1.165) is 21.4 Å². The van der Waals surface area contributed by atoms with Crippen molar-refractivity contribution in [1.29, 1.82) is 0 Å². The van der Waals surface area contributed by atoms with Crippen molar-refractivity contribution in [2.75, 3.05) is 17.2 Å². The van der Waals surface area contributed by atoms with Crippen LogP contribution in [0, 0.1) is 13.8 Å². The molecule has 0 aliphatic carbocycles. The quantitative estimate of drug-likeness (QED) is 0.663. The summed E-state index contributed by atoms with van der Waals surface area (Å²) in [6.45, 7) is 3.94. The first kappa shape index (κ1) is 18.0. The molecule has 2 aromatic heterocycles. The Hall–Kier alpha value is -2.80. The molecule has 3 aromatic rings. The second-order valence-corrected chi connectivity index (χ2v) is 6.65. The molecule has 0 saturated carbocycles. The van der Waals surface area contributed by atoms with Gasteiger partial charge in [0.25, 0.3) is 0 Å². The van der Waals surface area contributed by atoms with E-state index in [4.69, 9.17) is 0 Å². The predicted octanol–water partition coefficient (Wildman–Crippen LogP) is 3.97. The number of rotatable bonds is 5. The first-order chi connectivity index (χ1) is 12.5.